The van der Waals surface area contributed by atoms with Crippen LogP contribution in [0.15, 0.2) is 34.4 Å². The summed E-state index contributed by atoms with van der Waals surface area (Å²) in [4.78, 5) is 41.0. The van der Waals surface area contributed by atoms with Crippen LogP contribution in [0, 0.1) is 11.6 Å². The van der Waals surface area contributed by atoms with Crippen molar-refractivity contribution in [2.24, 2.45) is 0 Å². The van der Waals surface area contributed by atoms with Gasteiger partial charge in [0.05, 0.1) is 16.1 Å². The third kappa shape index (κ3) is 3.40. The number of carboxylic acid groups (broad SMARTS) is 1. The Labute approximate surface area is 152 Å². The van der Waals surface area contributed by atoms with E-state index in [2.05, 4.69) is 15.3 Å². The Hall–Kier alpha value is -3.60. The number of halogens is 2. The molecular weight excluding hydrogens is 384 g/mol. The predicted octanol–water partition coefficient (Wildman–Crippen LogP) is 2.43. The highest BCUT2D eigenvalue weighted by molar-refractivity contribution is 7.14. The summed E-state index contributed by atoms with van der Waals surface area (Å²) in [5, 5.41) is 22.3. The summed E-state index contributed by atoms with van der Waals surface area (Å²) in [6, 6.07) is 4.52. The van der Waals surface area contributed by atoms with Crippen molar-refractivity contribution >= 4 is 28.9 Å². The fraction of sp³-hybridized carbons (Fsp3) is 0. The van der Waals surface area contributed by atoms with Gasteiger partial charge in [-0.2, -0.15) is 0 Å². The highest BCUT2D eigenvalue weighted by atomic mass is 32.1. The molecule has 3 rings (SSSR count). The Morgan fingerprint density at radius 3 is 2.67 bits per heavy atom. The molecule has 0 aliphatic rings. The van der Waals surface area contributed by atoms with E-state index < -0.39 is 46.1 Å². The van der Waals surface area contributed by atoms with Crippen LogP contribution in [0.2, 0.25) is 0 Å². The Morgan fingerprint density at radius 1 is 1.22 bits per heavy atom. The number of hydrogen-bond acceptors (Lipinski definition) is 6. The maximum Gasteiger partial charge on any atom is 0.358 e. The number of aromatic nitrogens is 2. The molecule has 0 spiro atoms. The van der Waals surface area contributed by atoms with Crippen molar-refractivity contribution in [2.75, 3.05) is 5.32 Å². The number of nitrogens with zero attached hydrogens (tertiary/aromatic N) is 1. The van der Waals surface area contributed by atoms with Crippen LogP contribution in [0.5, 0.6) is 5.75 Å². The Morgan fingerprint density at radius 2 is 1.96 bits per heavy atom. The summed E-state index contributed by atoms with van der Waals surface area (Å²) in [5.74, 6) is -6.37. The number of benzene rings is 1. The van der Waals surface area contributed by atoms with Crippen molar-refractivity contribution in [3.63, 3.8) is 0 Å². The molecule has 3 aromatic rings. The van der Waals surface area contributed by atoms with E-state index in [-0.39, 0.29) is 16.4 Å². The molecule has 1 amide bonds. The molecule has 0 fully saturated rings. The predicted molar refractivity (Wildman–Crippen MR) is 91.1 cm³/mol. The third-order valence-corrected chi connectivity index (χ3v) is 4.34. The molecule has 1 aromatic carbocycles. The lowest BCUT2D eigenvalue weighted by atomic mass is 10.2. The number of aromatic amines is 1. The fourth-order valence-corrected chi connectivity index (χ4v) is 2.98. The first-order chi connectivity index (χ1) is 12.8. The van der Waals surface area contributed by atoms with Crippen molar-refractivity contribution in [2.45, 2.75) is 0 Å². The smallest absolute Gasteiger partial charge is 0.358 e. The lowest BCUT2D eigenvalue weighted by Crippen LogP contribution is -2.17. The minimum atomic E-state index is -1.62. The standard InChI is InChI=1S/C16H9F2N3O5S/c17-7-3-1-2-6(9(7)18)14(23)19-8-4-5-27-12(8)13-20-10(16(25)26)11(22)15(24)21-13/h1-5,22H,(H,19,23)(H,25,26)(H,20,21,24). The fourth-order valence-electron chi connectivity index (χ4n) is 2.18. The monoisotopic (exact) mass is 393 g/mol. The van der Waals surface area contributed by atoms with E-state index >= 15 is 0 Å². The molecule has 138 valence electrons. The lowest BCUT2D eigenvalue weighted by Gasteiger charge is -2.08. The topological polar surface area (TPSA) is 132 Å². The summed E-state index contributed by atoms with van der Waals surface area (Å²) in [7, 11) is 0. The molecule has 11 heteroatoms. The second kappa shape index (κ2) is 6.96. The summed E-state index contributed by atoms with van der Waals surface area (Å²) in [6.45, 7) is 0. The number of anilines is 1. The van der Waals surface area contributed by atoms with E-state index in [0.717, 1.165) is 23.5 Å². The third-order valence-electron chi connectivity index (χ3n) is 3.42. The van der Waals surface area contributed by atoms with Gasteiger partial charge >= 0.3 is 5.97 Å². The Bertz CT molecular complexity index is 1130. The van der Waals surface area contributed by atoms with Crippen molar-refractivity contribution in [1.29, 1.82) is 0 Å². The van der Waals surface area contributed by atoms with Crippen molar-refractivity contribution in [3.8, 4) is 16.5 Å². The zero-order valence-electron chi connectivity index (χ0n) is 13.1. The molecule has 0 unspecified atom stereocenters. The zero-order valence-corrected chi connectivity index (χ0v) is 13.9. The van der Waals surface area contributed by atoms with Crippen LogP contribution in [-0.2, 0) is 0 Å². The average Bonchev–Trinajstić information content (AvgIpc) is 3.07. The van der Waals surface area contributed by atoms with E-state index in [1.54, 1.807) is 0 Å². The normalized spacial score (nSPS) is 10.6. The van der Waals surface area contributed by atoms with Gasteiger partial charge in [-0.1, -0.05) is 6.07 Å². The maximum atomic E-state index is 13.8. The van der Waals surface area contributed by atoms with E-state index in [4.69, 9.17) is 5.11 Å². The summed E-state index contributed by atoms with van der Waals surface area (Å²) in [5.41, 5.74) is -2.40. The van der Waals surface area contributed by atoms with Crippen molar-refractivity contribution in [1.82, 2.24) is 9.97 Å². The molecule has 0 aliphatic heterocycles. The molecule has 8 nitrogen and oxygen atoms in total. The molecule has 0 saturated carbocycles. The minimum Gasteiger partial charge on any atom is -0.501 e. The van der Waals surface area contributed by atoms with Crippen molar-refractivity contribution in [3.05, 3.63) is 62.9 Å². The van der Waals surface area contributed by atoms with Crippen LogP contribution in [0.1, 0.15) is 20.8 Å². The Balaban J connectivity index is 2.00. The van der Waals surface area contributed by atoms with Crippen LogP contribution in [0.4, 0.5) is 14.5 Å². The maximum absolute atomic E-state index is 13.8. The largest absolute Gasteiger partial charge is 0.501 e. The average molecular weight is 393 g/mol. The molecule has 0 saturated heterocycles. The number of carbonyl (C=O) groups excluding carboxylic acids is 1. The van der Waals surface area contributed by atoms with Gasteiger partial charge in [0.1, 0.15) is 0 Å². The van der Waals surface area contributed by atoms with E-state index in [0.29, 0.717) is 0 Å². The molecule has 0 atom stereocenters. The number of thiophene rings is 1. The second-order valence-corrected chi connectivity index (χ2v) is 6.05. The number of hydrogen-bond donors (Lipinski definition) is 4. The van der Waals surface area contributed by atoms with Crippen LogP contribution >= 0.6 is 11.3 Å². The first kappa shape index (κ1) is 18.2. The summed E-state index contributed by atoms with van der Waals surface area (Å²) < 4.78 is 27.0. The summed E-state index contributed by atoms with van der Waals surface area (Å²) >= 11 is 0.992. The number of aromatic hydroxyl groups is 1. The van der Waals surface area contributed by atoms with Gasteiger partial charge in [0.15, 0.2) is 23.2 Å². The number of amides is 1. The van der Waals surface area contributed by atoms with E-state index in [1.807, 2.05) is 0 Å². The van der Waals surface area contributed by atoms with Gasteiger partial charge in [-0.3, -0.25) is 9.59 Å². The number of carbonyl (C=O) groups is 2. The number of rotatable bonds is 4. The highest BCUT2D eigenvalue weighted by Gasteiger charge is 2.21. The number of H-pyrrole nitrogens is 1. The van der Waals surface area contributed by atoms with Gasteiger partial charge in [-0.25, -0.2) is 18.6 Å². The van der Waals surface area contributed by atoms with Crippen molar-refractivity contribution < 1.29 is 28.6 Å². The molecule has 27 heavy (non-hydrogen) atoms. The SMILES string of the molecule is O=C(Nc1ccsc1-c1nc(C(=O)O)c(O)c(=O)[nH]1)c1cccc(F)c1F. The van der Waals surface area contributed by atoms with Gasteiger partial charge in [-0.05, 0) is 23.6 Å². The minimum absolute atomic E-state index is 0.0823. The summed E-state index contributed by atoms with van der Waals surface area (Å²) in [6.07, 6.45) is 0. The van der Waals surface area contributed by atoms with Gasteiger partial charge in [0, 0.05) is 0 Å². The number of carboxylic acids is 1. The first-order valence-electron chi connectivity index (χ1n) is 7.19. The van der Waals surface area contributed by atoms with E-state index in [1.165, 1.54) is 17.5 Å². The number of aromatic carboxylic acids is 1. The highest BCUT2D eigenvalue weighted by Crippen LogP contribution is 2.32. The van der Waals surface area contributed by atoms with Gasteiger partial charge in [0.2, 0.25) is 5.75 Å². The molecule has 2 aromatic heterocycles. The number of nitrogens with one attached hydrogen (secondary N) is 2. The van der Waals surface area contributed by atoms with Crippen LogP contribution in [-0.4, -0.2) is 32.1 Å². The van der Waals surface area contributed by atoms with Gasteiger partial charge < -0.3 is 20.5 Å². The molecule has 4 N–H and O–H groups in total. The van der Waals surface area contributed by atoms with E-state index in [9.17, 15) is 28.3 Å². The van der Waals surface area contributed by atoms with Crippen LogP contribution in [0.3, 0.4) is 0 Å². The molecular formula is C16H9F2N3O5S. The lowest BCUT2D eigenvalue weighted by molar-refractivity contribution is 0.0686. The zero-order chi connectivity index (χ0) is 19.7. The Kier molecular flexibility index (Phi) is 4.69. The van der Waals surface area contributed by atoms with Crippen LogP contribution < -0.4 is 10.9 Å². The van der Waals surface area contributed by atoms with Gasteiger partial charge in [-0.15, -0.1) is 11.3 Å². The first-order valence-corrected chi connectivity index (χ1v) is 8.07. The van der Waals surface area contributed by atoms with Crippen LogP contribution in [0.25, 0.3) is 10.7 Å². The molecule has 2 heterocycles. The molecule has 0 aliphatic carbocycles. The van der Waals surface area contributed by atoms with Gasteiger partial charge in [0.25, 0.3) is 11.5 Å². The molecule has 0 bridgehead atoms. The quantitative estimate of drug-likeness (QED) is 0.538. The molecule has 0 radical (unpaired) electrons. The second-order valence-electron chi connectivity index (χ2n) is 5.14.